The molecule has 3 aromatic rings. The Hall–Kier alpha value is -2.88. The number of para-hydroxylation sites is 1. The summed E-state index contributed by atoms with van der Waals surface area (Å²) in [6.07, 6.45) is 1.91. The number of hydrazone groups is 1. The molecule has 0 spiro atoms. The van der Waals surface area contributed by atoms with Crippen molar-refractivity contribution in [3.05, 3.63) is 72.4 Å². The smallest absolute Gasteiger partial charge is 0.259 e. The van der Waals surface area contributed by atoms with Gasteiger partial charge < -0.3 is 4.57 Å². The number of carbonyl (C=O) groups is 1. The van der Waals surface area contributed by atoms with Gasteiger partial charge in [0.05, 0.1) is 5.71 Å². The third-order valence-corrected chi connectivity index (χ3v) is 3.53. The molecule has 3 rings (SSSR count). The first-order chi connectivity index (χ1) is 10.7. The van der Waals surface area contributed by atoms with E-state index >= 15 is 0 Å². The lowest BCUT2D eigenvalue weighted by atomic mass is 10.1. The maximum absolute atomic E-state index is 12.1. The van der Waals surface area contributed by atoms with Crippen molar-refractivity contribution in [2.75, 3.05) is 0 Å². The van der Waals surface area contributed by atoms with Crippen molar-refractivity contribution >= 4 is 22.5 Å². The first kappa shape index (κ1) is 14.1. The molecule has 0 aliphatic heterocycles. The van der Waals surface area contributed by atoms with Gasteiger partial charge in [-0.25, -0.2) is 5.43 Å². The first-order valence-electron chi connectivity index (χ1n) is 7.16. The summed E-state index contributed by atoms with van der Waals surface area (Å²) in [6.45, 7) is 2.12. The first-order valence-corrected chi connectivity index (χ1v) is 7.16. The van der Waals surface area contributed by atoms with Crippen molar-refractivity contribution < 1.29 is 4.79 Å². The van der Waals surface area contributed by atoms with E-state index < -0.39 is 0 Å². The highest BCUT2D eigenvalue weighted by Gasteiger charge is 2.05. The minimum absolute atomic E-state index is 0.142. The number of nitrogens with zero attached hydrogens (tertiary/aromatic N) is 2. The van der Waals surface area contributed by atoms with Crippen LogP contribution in [0.4, 0.5) is 0 Å². The fourth-order valence-electron chi connectivity index (χ4n) is 2.36. The molecule has 0 atom stereocenters. The minimum Gasteiger partial charge on any atom is -0.338 e. The van der Waals surface area contributed by atoms with Gasteiger partial charge in [0.1, 0.15) is 6.54 Å². The Morgan fingerprint density at radius 2 is 1.77 bits per heavy atom. The average Bonchev–Trinajstić information content (AvgIpc) is 2.97. The predicted molar refractivity (Wildman–Crippen MR) is 88.7 cm³/mol. The average molecular weight is 291 g/mol. The van der Waals surface area contributed by atoms with E-state index in [9.17, 15) is 4.79 Å². The number of hydrogen-bond acceptors (Lipinski definition) is 2. The van der Waals surface area contributed by atoms with E-state index in [0.29, 0.717) is 0 Å². The summed E-state index contributed by atoms with van der Waals surface area (Å²) in [6, 6.07) is 19.8. The van der Waals surface area contributed by atoms with Gasteiger partial charge in [-0.05, 0) is 30.0 Å². The summed E-state index contributed by atoms with van der Waals surface area (Å²) in [5, 5.41) is 5.28. The zero-order valence-electron chi connectivity index (χ0n) is 12.4. The maximum Gasteiger partial charge on any atom is 0.259 e. The van der Waals surface area contributed by atoms with E-state index in [0.717, 1.165) is 22.2 Å². The topological polar surface area (TPSA) is 46.4 Å². The summed E-state index contributed by atoms with van der Waals surface area (Å²) >= 11 is 0. The standard InChI is InChI=1S/C18H17N3O/c1-14(15-7-3-2-4-8-15)19-20-18(22)13-21-12-11-16-9-5-6-10-17(16)21/h2-12H,13H2,1H3,(H,20,22)/b19-14+. The van der Waals surface area contributed by atoms with Crippen LogP contribution in [0.5, 0.6) is 0 Å². The van der Waals surface area contributed by atoms with Gasteiger partial charge in [-0.1, -0.05) is 48.5 Å². The number of rotatable bonds is 4. The highest BCUT2D eigenvalue weighted by molar-refractivity contribution is 5.99. The lowest BCUT2D eigenvalue weighted by Gasteiger charge is -2.05. The van der Waals surface area contributed by atoms with Crippen LogP contribution in [0.15, 0.2) is 72.0 Å². The second-order valence-corrected chi connectivity index (χ2v) is 5.10. The molecule has 2 aromatic carbocycles. The van der Waals surface area contributed by atoms with E-state index in [1.54, 1.807) is 0 Å². The van der Waals surface area contributed by atoms with Crippen molar-refractivity contribution in [1.29, 1.82) is 0 Å². The zero-order valence-corrected chi connectivity index (χ0v) is 12.4. The molecule has 0 bridgehead atoms. The quantitative estimate of drug-likeness (QED) is 0.582. The summed E-state index contributed by atoms with van der Waals surface area (Å²) in [4.78, 5) is 12.1. The fourth-order valence-corrected chi connectivity index (χ4v) is 2.36. The molecular weight excluding hydrogens is 274 g/mol. The van der Waals surface area contributed by atoms with Gasteiger partial charge in [0.2, 0.25) is 0 Å². The van der Waals surface area contributed by atoms with Gasteiger partial charge in [0, 0.05) is 11.7 Å². The SMILES string of the molecule is C/C(=N\NC(=O)Cn1ccc2ccccc21)c1ccccc1. The van der Waals surface area contributed by atoms with Crippen molar-refractivity contribution in [1.82, 2.24) is 9.99 Å². The van der Waals surface area contributed by atoms with E-state index in [1.165, 1.54) is 0 Å². The summed E-state index contributed by atoms with van der Waals surface area (Å²) in [5.74, 6) is -0.142. The van der Waals surface area contributed by atoms with Crippen molar-refractivity contribution in [2.24, 2.45) is 5.10 Å². The zero-order chi connectivity index (χ0) is 15.4. The molecule has 0 aliphatic rings. The van der Waals surface area contributed by atoms with Crippen molar-refractivity contribution in [3.63, 3.8) is 0 Å². The van der Waals surface area contributed by atoms with Crippen LogP contribution in [0, 0.1) is 0 Å². The number of benzene rings is 2. The van der Waals surface area contributed by atoms with Crippen LogP contribution < -0.4 is 5.43 Å². The number of amides is 1. The molecule has 1 heterocycles. The Balaban J connectivity index is 1.68. The molecule has 1 aromatic heterocycles. The number of nitrogens with one attached hydrogen (secondary N) is 1. The Morgan fingerprint density at radius 1 is 1.05 bits per heavy atom. The normalized spacial score (nSPS) is 11.6. The van der Waals surface area contributed by atoms with Gasteiger partial charge in [0.25, 0.3) is 5.91 Å². The highest BCUT2D eigenvalue weighted by atomic mass is 16.2. The van der Waals surface area contributed by atoms with Crippen LogP contribution >= 0.6 is 0 Å². The molecule has 0 fully saturated rings. The molecule has 0 aliphatic carbocycles. The van der Waals surface area contributed by atoms with Crippen molar-refractivity contribution in [3.8, 4) is 0 Å². The third-order valence-electron chi connectivity index (χ3n) is 3.53. The van der Waals surface area contributed by atoms with E-state index in [4.69, 9.17) is 0 Å². The number of hydrogen-bond donors (Lipinski definition) is 1. The largest absolute Gasteiger partial charge is 0.338 e. The summed E-state index contributed by atoms with van der Waals surface area (Å²) in [7, 11) is 0. The molecule has 1 N–H and O–H groups in total. The Bertz CT molecular complexity index is 818. The molecule has 0 saturated heterocycles. The number of fused-ring (bicyclic) bond motifs is 1. The molecule has 1 amide bonds. The third kappa shape index (κ3) is 3.06. The highest BCUT2D eigenvalue weighted by Crippen LogP contribution is 2.14. The molecular formula is C18H17N3O. The summed E-state index contributed by atoms with van der Waals surface area (Å²) < 4.78 is 1.91. The van der Waals surface area contributed by atoms with Gasteiger partial charge in [-0.2, -0.15) is 5.10 Å². The van der Waals surface area contributed by atoms with Crippen LogP contribution in [0.25, 0.3) is 10.9 Å². The molecule has 0 radical (unpaired) electrons. The lowest BCUT2D eigenvalue weighted by Crippen LogP contribution is -2.23. The Morgan fingerprint density at radius 3 is 2.59 bits per heavy atom. The predicted octanol–water partition coefficient (Wildman–Crippen LogP) is 3.18. The number of carbonyl (C=O) groups excluding carboxylic acids is 1. The molecule has 110 valence electrons. The monoisotopic (exact) mass is 291 g/mol. The lowest BCUT2D eigenvalue weighted by molar-refractivity contribution is -0.121. The molecule has 4 nitrogen and oxygen atoms in total. The number of aromatic nitrogens is 1. The van der Waals surface area contributed by atoms with Crippen LogP contribution in [-0.4, -0.2) is 16.2 Å². The molecule has 0 unspecified atom stereocenters. The minimum atomic E-state index is -0.142. The fraction of sp³-hybridized carbons (Fsp3) is 0.111. The molecule has 22 heavy (non-hydrogen) atoms. The van der Waals surface area contributed by atoms with Crippen LogP contribution in [0.2, 0.25) is 0 Å². The van der Waals surface area contributed by atoms with E-state index in [2.05, 4.69) is 10.5 Å². The Labute approximate surface area is 129 Å². The van der Waals surface area contributed by atoms with Crippen LogP contribution in [0.3, 0.4) is 0 Å². The van der Waals surface area contributed by atoms with Gasteiger partial charge in [-0.3, -0.25) is 4.79 Å². The van der Waals surface area contributed by atoms with Crippen LogP contribution in [0.1, 0.15) is 12.5 Å². The summed E-state index contributed by atoms with van der Waals surface area (Å²) in [5.41, 5.74) is 5.43. The molecule has 4 heteroatoms. The molecule has 0 saturated carbocycles. The van der Waals surface area contributed by atoms with E-state index in [1.807, 2.05) is 78.4 Å². The van der Waals surface area contributed by atoms with E-state index in [-0.39, 0.29) is 12.5 Å². The van der Waals surface area contributed by atoms with Gasteiger partial charge in [0.15, 0.2) is 0 Å². The van der Waals surface area contributed by atoms with Gasteiger partial charge in [-0.15, -0.1) is 0 Å². The van der Waals surface area contributed by atoms with Crippen LogP contribution in [-0.2, 0) is 11.3 Å². The second kappa shape index (κ2) is 6.26. The Kier molecular flexibility index (Phi) is 4.01. The van der Waals surface area contributed by atoms with Gasteiger partial charge >= 0.3 is 0 Å². The maximum atomic E-state index is 12.1. The van der Waals surface area contributed by atoms with Crippen molar-refractivity contribution in [2.45, 2.75) is 13.5 Å². The second-order valence-electron chi connectivity index (χ2n) is 5.10.